The standard InChI is InChI=1S/C14H14/c1-2-5-11-10(4-1)12-6-3-7-13(11)14(12)8-9-14/h1-6,12-13H,7-9H2. The van der Waals surface area contributed by atoms with Crippen molar-refractivity contribution in [2.45, 2.75) is 31.1 Å². The molecule has 2 atom stereocenters. The monoisotopic (exact) mass is 182 g/mol. The third-order valence-corrected chi connectivity index (χ3v) is 4.55. The summed E-state index contributed by atoms with van der Waals surface area (Å²) in [6.45, 7) is 0. The molecule has 0 amide bonds. The molecule has 2 unspecified atom stereocenters. The molecule has 0 aliphatic heterocycles. The van der Waals surface area contributed by atoms with Gasteiger partial charge in [0.1, 0.15) is 0 Å². The van der Waals surface area contributed by atoms with E-state index in [9.17, 15) is 0 Å². The number of benzene rings is 1. The molecule has 1 fully saturated rings. The fraction of sp³-hybridized carbons (Fsp3) is 0.429. The smallest absolute Gasteiger partial charge is 0.00832 e. The molecule has 0 nitrogen and oxygen atoms in total. The first kappa shape index (κ1) is 7.28. The quantitative estimate of drug-likeness (QED) is 0.538. The average Bonchev–Trinajstić information content (AvgIpc) is 2.96. The van der Waals surface area contributed by atoms with Crippen LogP contribution in [0, 0.1) is 5.41 Å². The van der Waals surface area contributed by atoms with Crippen molar-refractivity contribution in [1.82, 2.24) is 0 Å². The highest BCUT2D eigenvalue weighted by Crippen LogP contribution is 2.72. The third-order valence-electron chi connectivity index (χ3n) is 4.55. The summed E-state index contributed by atoms with van der Waals surface area (Å²) in [4.78, 5) is 0. The van der Waals surface area contributed by atoms with Crippen LogP contribution in [0.2, 0.25) is 0 Å². The SMILES string of the molecule is C1=CC2c3ccccc3C(C1)C21CC1. The van der Waals surface area contributed by atoms with E-state index in [1.807, 2.05) is 0 Å². The molecule has 2 bridgehead atoms. The molecule has 4 rings (SSSR count). The van der Waals surface area contributed by atoms with Crippen LogP contribution in [0.15, 0.2) is 36.4 Å². The van der Waals surface area contributed by atoms with Gasteiger partial charge in [-0.25, -0.2) is 0 Å². The van der Waals surface area contributed by atoms with Crippen molar-refractivity contribution >= 4 is 0 Å². The first-order chi connectivity index (χ1) is 6.92. The van der Waals surface area contributed by atoms with Crippen LogP contribution in [-0.2, 0) is 0 Å². The normalized spacial score (nSPS) is 34.6. The van der Waals surface area contributed by atoms with Gasteiger partial charge in [-0.05, 0) is 41.7 Å². The van der Waals surface area contributed by atoms with E-state index in [0.717, 1.165) is 11.8 Å². The Hall–Kier alpha value is -1.04. The van der Waals surface area contributed by atoms with Crippen LogP contribution in [0.5, 0.6) is 0 Å². The Kier molecular flexibility index (Phi) is 1.11. The minimum absolute atomic E-state index is 0.679. The van der Waals surface area contributed by atoms with Crippen LogP contribution in [0.4, 0.5) is 0 Å². The fourth-order valence-electron chi connectivity index (χ4n) is 3.76. The molecular weight excluding hydrogens is 168 g/mol. The zero-order chi connectivity index (χ0) is 9.17. The fourth-order valence-corrected chi connectivity index (χ4v) is 3.76. The molecular formula is C14H14. The molecule has 0 heteroatoms. The second-order valence-corrected chi connectivity index (χ2v) is 5.06. The maximum atomic E-state index is 2.47. The third kappa shape index (κ3) is 0.648. The van der Waals surface area contributed by atoms with Gasteiger partial charge in [0, 0.05) is 5.92 Å². The van der Waals surface area contributed by atoms with Crippen LogP contribution >= 0.6 is 0 Å². The summed E-state index contributed by atoms with van der Waals surface area (Å²) in [5.41, 5.74) is 3.96. The van der Waals surface area contributed by atoms with Crippen LogP contribution in [0.1, 0.15) is 42.2 Å². The van der Waals surface area contributed by atoms with Crippen LogP contribution in [-0.4, -0.2) is 0 Å². The van der Waals surface area contributed by atoms with Gasteiger partial charge in [-0.1, -0.05) is 36.4 Å². The summed E-state index contributed by atoms with van der Waals surface area (Å²) in [7, 11) is 0. The Morgan fingerprint density at radius 2 is 1.86 bits per heavy atom. The van der Waals surface area contributed by atoms with Crippen molar-refractivity contribution in [1.29, 1.82) is 0 Å². The van der Waals surface area contributed by atoms with Crippen LogP contribution < -0.4 is 0 Å². The molecule has 1 saturated carbocycles. The van der Waals surface area contributed by atoms with Crippen molar-refractivity contribution in [3.63, 3.8) is 0 Å². The number of rotatable bonds is 0. The summed E-state index contributed by atoms with van der Waals surface area (Å²) < 4.78 is 0. The Labute approximate surface area is 84.6 Å². The van der Waals surface area contributed by atoms with Gasteiger partial charge in [0.25, 0.3) is 0 Å². The molecule has 0 radical (unpaired) electrons. The van der Waals surface area contributed by atoms with Crippen LogP contribution in [0.3, 0.4) is 0 Å². The molecule has 14 heavy (non-hydrogen) atoms. The summed E-state index contributed by atoms with van der Waals surface area (Å²) in [6.07, 6.45) is 9.07. The van der Waals surface area contributed by atoms with E-state index in [0.29, 0.717) is 5.41 Å². The Balaban J connectivity index is 2.01. The Morgan fingerprint density at radius 3 is 2.64 bits per heavy atom. The van der Waals surface area contributed by atoms with E-state index in [1.165, 1.54) is 19.3 Å². The van der Waals surface area contributed by atoms with E-state index in [4.69, 9.17) is 0 Å². The first-order valence-electron chi connectivity index (χ1n) is 5.67. The molecule has 1 spiro atoms. The lowest BCUT2D eigenvalue weighted by molar-refractivity contribution is 0.387. The zero-order valence-electron chi connectivity index (χ0n) is 8.24. The lowest BCUT2D eigenvalue weighted by Gasteiger charge is -2.26. The van der Waals surface area contributed by atoms with Gasteiger partial charge >= 0.3 is 0 Å². The second-order valence-electron chi connectivity index (χ2n) is 5.06. The van der Waals surface area contributed by atoms with Crippen molar-refractivity contribution in [3.8, 4) is 0 Å². The number of hydrogen-bond acceptors (Lipinski definition) is 0. The predicted octanol–water partition coefficient (Wildman–Crippen LogP) is 3.61. The van der Waals surface area contributed by atoms with Gasteiger partial charge < -0.3 is 0 Å². The van der Waals surface area contributed by atoms with Crippen LogP contribution in [0.25, 0.3) is 0 Å². The highest BCUT2D eigenvalue weighted by Gasteiger charge is 2.60. The van der Waals surface area contributed by atoms with Gasteiger partial charge in [0.15, 0.2) is 0 Å². The highest BCUT2D eigenvalue weighted by molar-refractivity contribution is 5.50. The summed E-state index contributed by atoms with van der Waals surface area (Å²) in [5.74, 6) is 1.62. The number of allylic oxidation sites excluding steroid dienone is 2. The predicted molar refractivity (Wildman–Crippen MR) is 57.3 cm³/mol. The van der Waals surface area contributed by atoms with E-state index < -0.39 is 0 Å². The van der Waals surface area contributed by atoms with E-state index in [-0.39, 0.29) is 0 Å². The minimum Gasteiger partial charge on any atom is -0.0873 e. The Bertz CT molecular complexity index is 423. The molecule has 0 heterocycles. The van der Waals surface area contributed by atoms with Gasteiger partial charge in [-0.2, -0.15) is 0 Å². The van der Waals surface area contributed by atoms with E-state index in [1.54, 1.807) is 11.1 Å². The van der Waals surface area contributed by atoms with Crippen molar-refractivity contribution in [3.05, 3.63) is 47.5 Å². The summed E-state index contributed by atoms with van der Waals surface area (Å²) >= 11 is 0. The number of fused-ring (bicyclic) bond motifs is 3. The minimum atomic E-state index is 0.679. The van der Waals surface area contributed by atoms with Crippen molar-refractivity contribution in [2.75, 3.05) is 0 Å². The van der Waals surface area contributed by atoms with Crippen molar-refractivity contribution in [2.24, 2.45) is 5.41 Å². The van der Waals surface area contributed by atoms with Gasteiger partial charge in [0.2, 0.25) is 0 Å². The molecule has 0 saturated heterocycles. The van der Waals surface area contributed by atoms with E-state index >= 15 is 0 Å². The molecule has 1 aromatic rings. The lowest BCUT2D eigenvalue weighted by atomic mass is 9.78. The second kappa shape index (κ2) is 2.13. The topological polar surface area (TPSA) is 0 Å². The lowest BCUT2D eigenvalue weighted by Crippen LogP contribution is -2.14. The summed E-state index contributed by atoms with van der Waals surface area (Å²) in [5, 5.41) is 0. The van der Waals surface area contributed by atoms with Crippen molar-refractivity contribution < 1.29 is 0 Å². The Morgan fingerprint density at radius 1 is 1.07 bits per heavy atom. The number of hydrogen-bond donors (Lipinski definition) is 0. The molecule has 0 aromatic heterocycles. The maximum Gasteiger partial charge on any atom is 0.00832 e. The van der Waals surface area contributed by atoms with E-state index in [2.05, 4.69) is 36.4 Å². The molecule has 3 aliphatic rings. The summed E-state index contributed by atoms with van der Waals surface area (Å²) in [6, 6.07) is 9.10. The highest BCUT2D eigenvalue weighted by atomic mass is 14.6. The molecule has 70 valence electrons. The van der Waals surface area contributed by atoms with Gasteiger partial charge in [-0.3, -0.25) is 0 Å². The maximum absolute atomic E-state index is 2.47. The first-order valence-corrected chi connectivity index (χ1v) is 5.67. The molecule has 3 aliphatic carbocycles. The molecule has 1 aromatic carbocycles. The van der Waals surface area contributed by atoms with Gasteiger partial charge in [0.05, 0.1) is 0 Å². The molecule has 0 N–H and O–H groups in total. The largest absolute Gasteiger partial charge is 0.0873 e. The van der Waals surface area contributed by atoms with Gasteiger partial charge in [-0.15, -0.1) is 0 Å². The average molecular weight is 182 g/mol. The zero-order valence-corrected chi connectivity index (χ0v) is 8.24.